The highest BCUT2D eigenvalue weighted by atomic mass is 79.9. The highest BCUT2D eigenvalue weighted by molar-refractivity contribution is 9.10. The number of ether oxygens (including phenoxy) is 3. The lowest BCUT2D eigenvalue weighted by atomic mass is 10.1. The van der Waals surface area contributed by atoms with E-state index < -0.39 is 27.0 Å². The molecule has 0 spiro atoms. The van der Waals surface area contributed by atoms with Gasteiger partial charge in [0, 0.05) is 11.0 Å². The minimum atomic E-state index is -5.02. The summed E-state index contributed by atoms with van der Waals surface area (Å²) in [5.74, 6) is 0.242. The fraction of sp³-hybridized carbons (Fsp3) is 0.333. The van der Waals surface area contributed by atoms with Gasteiger partial charge < -0.3 is 14.2 Å². The van der Waals surface area contributed by atoms with Crippen molar-refractivity contribution in [1.82, 2.24) is 4.72 Å². The molecule has 0 aliphatic heterocycles. The Morgan fingerprint density at radius 3 is 2.41 bits per heavy atom. The Morgan fingerprint density at radius 2 is 1.79 bits per heavy atom. The molecule has 160 valence electrons. The van der Waals surface area contributed by atoms with Crippen molar-refractivity contribution in [2.75, 3.05) is 20.3 Å². The maximum absolute atomic E-state index is 12.6. The summed E-state index contributed by atoms with van der Waals surface area (Å²) in [5, 5.41) is 0. The average Bonchev–Trinajstić information content (AvgIpc) is 2.61. The van der Waals surface area contributed by atoms with Crippen LogP contribution in [0.5, 0.6) is 17.2 Å². The molecule has 0 bridgehead atoms. The second-order valence-corrected chi connectivity index (χ2v) is 8.36. The molecule has 29 heavy (non-hydrogen) atoms. The number of rotatable bonds is 9. The van der Waals surface area contributed by atoms with Crippen molar-refractivity contribution in [2.45, 2.75) is 24.6 Å². The molecular formula is C18H19BrF3NO5S. The van der Waals surface area contributed by atoms with Gasteiger partial charge in [0.15, 0.2) is 17.2 Å². The van der Waals surface area contributed by atoms with E-state index in [1.165, 1.54) is 13.2 Å². The van der Waals surface area contributed by atoms with Crippen LogP contribution in [0.25, 0.3) is 0 Å². The lowest BCUT2D eigenvalue weighted by molar-refractivity contribution is -0.275. The summed E-state index contributed by atoms with van der Waals surface area (Å²) in [6.45, 7) is 2.26. The van der Waals surface area contributed by atoms with Crippen LogP contribution in [0.15, 0.2) is 45.8 Å². The third kappa shape index (κ3) is 6.79. The van der Waals surface area contributed by atoms with Crippen molar-refractivity contribution in [3.8, 4) is 17.2 Å². The number of benzene rings is 2. The fourth-order valence-corrected chi connectivity index (χ4v) is 3.94. The van der Waals surface area contributed by atoms with E-state index in [4.69, 9.17) is 9.47 Å². The monoisotopic (exact) mass is 497 g/mol. The molecule has 0 fully saturated rings. The van der Waals surface area contributed by atoms with Crippen LogP contribution in [0.1, 0.15) is 12.5 Å². The van der Waals surface area contributed by atoms with Crippen molar-refractivity contribution in [3.05, 3.63) is 46.4 Å². The standard InChI is InChI=1S/C18H19BrF3NO5S/c1-3-27-14-6-4-12(10-15(14)26-2)8-9-23-29(24,25)17-7-5-13(19)11-16(17)28-18(20,21)22/h4-7,10-11,23H,3,8-9H2,1-2H3. The van der Waals surface area contributed by atoms with Gasteiger partial charge in [-0.2, -0.15) is 0 Å². The van der Waals surface area contributed by atoms with Gasteiger partial charge in [0.2, 0.25) is 10.0 Å². The van der Waals surface area contributed by atoms with E-state index in [0.29, 0.717) is 18.1 Å². The number of sulfonamides is 1. The van der Waals surface area contributed by atoms with Crippen LogP contribution in [-0.2, 0) is 16.4 Å². The summed E-state index contributed by atoms with van der Waals surface area (Å²) in [6.07, 6.45) is -4.74. The summed E-state index contributed by atoms with van der Waals surface area (Å²) in [4.78, 5) is -0.609. The zero-order valence-electron chi connectivity index (χ0n) is 15.5. The molecule has 0 aliphatic carbocycles. The van der Waals surface area contributed by atoms with E-state index in [1.807, 2.05) is 6.92 Å². The van der Waals surface area contributed by atoms with E-state index in [1.54, 1.807) is 18.2 Å². The first-order valence-electron chi connectivity index (χ1n) is 8.40. The molecule has 0 unspecified atom stereocenters. The molecule has 0 radical (unpaired) electrons. The van der Waals surface area contributed by atoms with Crippen molar-refractivity contribution in [3.63, 3.8) is 0 Å². The lowest BCUT2D eigenvalue weighted by Gasteiger charge is -2.15. The quantitative estimate of drug-likeness (QED) is 0.559. The van der Waals surface area contributed by atoms with Gasteiger partial charge in [-0.25, -0.2) is 13.1 Å². The Bertz CT molecular complexity index is 951. The third-order valence-corrected chi connectivity index (χ3v) is 5.65. The molecule has 0 heterocycles. The highest BCUT2D eigenvalue weighted by Crippen LogP contribution is 2.32. The minimum absolute atomic E-state index is 0.0407. The Labute approximate surface area is 175 Å². The topological polar surface area (TPSA) is 73.9 Å². The fourth-order valence-electron chi connectivity index (χ4n) is 2.46. The Morgan fingerprint density at radius 1 is 1.07 bits per heavy atom. The van der Waals surface area contributed by atoms with Crippen LogP contribution >= 0.6 is 15.9 Å². The Hall–Kier alpha value is -1.98. The highest BCUT2D eigenvalue weighted by Gasteiger charge is 2.34. The molecule has 1 N–H and O–H groups in total. The van der Waals surface area contributed by atoms with Gasteiger partial charge >= 0.3 is 6.36 Å². The van der Waals surface area contributed by atoms with Crippen LogP contribution in [0, 0.1) is 0 Å². The van der Waals surface area contributed by atoms with Gasteiger partial charge in [0.05, 0.1) is 13.7 Å². The summed E-state index contributed by atoms with van der Waals surface area (Å²) in [6, 6.07) is 8.45. The maximum atomic E-state index is 12.6. The second kappa shape index (κ2) is 9.68. The summed E-state index contributed by atoms with van der Waals surface area (Å²) in [7, 11) is -2.75. The zero-order chi connectivity index (χ0) is 21.7. The third-order valence-electron chi connectivity index (χ3n) is 3.65. The first-order chi connectivity index (χ1) is 13.6. The van der Waals surface area contributed by atoms with Gasteiger partial charge in [-0.15, -0.1) is 13.2 Å². The molecule has 0 amide bonds. The van der Waals surface area contributed by atoms with Gasteiger partial charge in [0.25, 0.3) is 0 Å². The normalized spacial score (nSPS) is 11.9. The van der Waals surface area contributed by atoms with Gasteiger partial charge in [-0.3, -0.25) is 0 Å². The Kier molecular flexibility index (Phi) is 7.78. The molecule has 0 aromatic heterocycles. The number of hydrogen-bond acceptors (Lipinski definition) is 5. The first kappa shape index (κ1) is 23.3. The van der Waals surface area contributed by atoms with E-state index in [0.717, 1.165) is 17.7 Å². The molecule has 11 heteroatoms. The summed E-state index contributed by atoms with van der Waals surface area (Å²) < 4.78 is 79.8. The zero-order valence-corrected chi connectivity index (χ0v) is 17.9. The molecule has 2 rings (SSSR count). The molecular weight excluding hydrogens is 479 g/mol. The molecule has 2 aromatic rings. The van der Waals surface area contributed by atoms with Crippen molar-refractivity contribution < 1.29 is 35.8 Å². The molecule has 2 aromatic carbocycles. The summed E-state index contributed by atoms with van der Waals surface area (Å²) in [5.41, 5.74) is 0.760. The molecule has 0 saturated carbocycles. The van der Waals surface area contributed by atoms with Crippen molar-refractivity contribution >= 4 is 26.0 Å². The lowest BCUT2D eigenvalue weighted by Crippen LogP contribution is -2.27. The average molecular weight is 498 g/mol. The summed E-state index contributed by atoms with van der Waals surface area (Å²) >= 11 is 3.00. The number of alkyl halides is 3. The van der Waals surface area contributed by atoms with E-state index in [-0.39, 0.29) is 17.4 Å². The second-order valence-electron chi connectivity index (χ2n) is 5.70. The number of halogens is 4. The molecule has 0 atom stereocenters. The van der Waals surface area contributed by atoms with Gasteiger partial charge in [0.1, 0.15) is 4.90 Å². The number of nitrogens with one attached hydrogen (secondary N) is 1. The molecule has 0 saturated heterocycles. The van der Waals surface area contributed by atoms with Crippen LogP contribution < -0.4 is 18.9 Å². The first-order valence-corrected chi connectivity index (χ1v) is 10.7. The predicted molar refractivity (Wildman–Crippen MR) is 104 cm³/mol. The Balaban J connectivity index is 2.13. The van der Waals surface area contributed by atoms with Crippen LogP contribution in [0.3, 0.4) is 0 Å². The largest absolute Gasteiger partial charge is 0.573 e. The van der Waals surface area contributed by atoms with Crippen LogP contribution in [0.4, 0.5) is 13.2 Å². The number of methoxy groups -OCH3 is 1. The van der Waals surface area contributed by atoms with Crippen molar-refractivity contribution in [1.29, 1.82) is 0 Å². The van der Waals surface area contributed by atoms with Crippen LogP contribution in [0.2, 0.25) is 0 Å². The van der Waals surface area contributed by atoms with E-state index in [9.17, 15) is 21.6 Å². The van der Waals surface area contributed by atoms with E-state index in [2.05, 4.69) is 25.4 Å². The minimum Gasteiger partial charge on any atom is -0.493 e. The van der Waals surface area contributed by atoms with Gasteiger partial charge in [-0.1, -0.05) is 22.0 Å². The van der Waals surface area contributed by atoms with Crippen LogP contribution in [-0.4, -0.2) is 35.0 Å². The SMILES string of the molecule is CCOc1ccc(CCNS(=O)(=O)c2ccc(Br)cc2OC(F)(F)F)cc1OC. The maximum Gasteiger partial charge on any atom is 0.573 e. The van der Waals surface area contributed by atoms with Crippen molar-refractivity contribution in [2.24, 2.45) is 0 Å². The molecule has 6 nitrogen and oxygen atoms in total. The molecule has 0 aliphatic rings. The predicted octanol–water partition coefficient (Wildman–Crippen LogP) is 4.28. The van der Waals surface area contributed by atoms with E-state index >= 15 is 0 Å². The number of hydrogen-bond donors (Lipinski definition) is 1. The van der Waals surface area contributed by atoms with Gasteiger partial charge in [-0.05, 0) is 49.2 Å². The smallest absolute Gasteiger partial charge is 0.493 e.